The summed E-state index contributed by atoms with van der Waals surface area (Å²) in [5, 5.41) is 107. The fraction of sp³-hybridized carbons (Fsp3) is 0.913. The Kier molecular flexibility index (Phi) is 13.0. The van der Waals surface area contributed by atoms with Crippen LogP contribution in [0.2, 0.25) is 0 Å². The van der Waals surface area contributed by atoms with Crippen LogP contribution in [0.3, 0.4) is 0 Å². The molecule has 64 heavy (non-hydrogen) atoms. The van der Waals surface area contributed by atoms with E-state index in [-0.39, 0.29) is 28.6 Å². The summed E-state index contributed by atoms with van der Waals surface area (Å²) in [7, 11) is 0. The summed E-state index contributed by atoms with van der Waals surface area (Å²) in [6.45, 7) is 11.4. The van der Waals surface area contributed by atoms with E-state index in [9.17, 15) is 60.7 Å². The van der Waals surface area contributed by atoms with Crippen LogP contribution < -0.4 is 0 Å². The van der Waals surface area contributed by atoms with Crippen molar-refractivity contribution in [1.82, 2.24) is 0 Å². The van der Waals surface area contributed by atoms with Gasteiger partial charge in [0.1, 0.15) is 72.7 Å². The molecule has 0 radical (unpaired) electrons. The first-order valence-electron chi connectivity index (χ1n) is 23.2. The molecule has 8 aliphatic rings. The fourth-order valence-electron chi connectivity index (χ4n) is 14.5. The summed E-state index contributed by atoms with van der Waals surface area (Å²) in [5.41, 5.74) is -2.56. The van der Waals surface area contributed by atoms with Gasteiger partial charge in [-0.15, -0.1) is 0 Å². The van der Waals surface area contributed by atoms with Gasteiger partial charge in [-0.1, -0.05) is 53.2 Å². The third-order valence-corrected chi connectivity index (χ3v) is 18.6. The molecule has 18 nitrogen and oxygen atoms in total. The van der Waals surface area contributed by atoms with Crippen molar-refractivity contribution in [3.63, 3.8) is 0 Å². The van der Waals surface area contributed by atoms with Crippen molar-refractivity contribution in [2.45, 2.75) is 191 Å². The zero-order chi connectivity index (χ0) is 46.7. The minimum absolute atomic E-state index is 0.0609. The number of aldehydes is 1. The third-order valence-electron chi connectivity index (χ3n) is 18.6. The highest BCUT2D eigenvalue weighted by Gasteiger charge is 2.72. The minimum Gasteiger partial charge on any atom is -0.481 e. The monoisotopic (exact) mass is 912 g/mol. The van der Waals surface area contributed by atoms with E-state index in [4.69, 9.17) is 28.4 Å². The van der Waals surface area contributed by atoms with Gasteiger partial charge in [0.15, 0.2) is 18.9 Å². The Hall–Kier alpha value is -1.72. The molecule has 5 aliphatic carbocycles. The van der Waals surface area contributed by atoms with Gasteiger partial charge in [0.05, 0.1) is 37.4 Å². The Morgan fingerprint density at radius 1 is 0.734 bits per heavy atom. The minimum atomic E-state index is -1.87. The highest BCUT2D eigenvalue weighted by atomic mass is 16.8. The number of ether oxygens (including phenoxy) is 6. The van der Waals surface area contributed by atoms with Gasteiger partial charge in [-0.25, -0.2) is 0 Å². The van der Waals surface area contributed by atoms with Crippen LogP contribution in [0.25, 0.3) is 0 Å². The summed E-state index contributed by atoms with van der Waals surface area (Å²) >= 11 is 0. The molecule has 3 saturated heterocycles. The quantitative estimate of drug-likeness (QED) is 0.0836. The topological polar surface area (TPSA) is 292 Å². The molecule has 10 N–H and O–H groups in total. The van der Waals surface area contributed by atoms with Crippen molar-refractivity contribution in [2.24, 2.45) is 50.2 Å². The van der Waals surface area contributed by atoms with Crippen molar-refractivity contribution >= 4 is 12.3 Å². The lowest BCUT2D eigenvalue weighted by Crippen LogP contribution is -2.68. The fourth-order valence-corrected chi connectivity index (χ4v) is 14.5. The summed E-state index contributed by atoms with van der Waals surface area (Å²) in [6, 6.07) is 0. The number of aliphatic carboxylic acids is 1. The van der Waals surface area contributed by atoms with E-state index in [0.29, 0.717) is 51.4 Å². The molecule has 3 aliphatic heterocycles. The van der Waals surface area contributed by atoms with E-state index in [1.54, 1.807) is 0 Å². The van der Waals surface area contributed by atoms with Gasteiger partial charge >= 0.3 is 5.97 Å². The number of fused-ring (bicyclic) bond motifs is 7. The molecule has 4 saturated carbocycles. The van der Waals surface area contributed by atoms with E-state index < -0.39 is 140 Å². The molecule has 0 bridgehead atoms. The lowest BCUT2D eigenvalue weighted by Gasteiger charge is -2.71. The molecular formula is C46H72O18. The molecule has 0 aromatic rings. The lowest BCUT2D eigenvalue weighted by atomic mass is 9.33. The standard InChI is InChI=1S/C46H72O18/c1-41(2)13-14-46(40(57)58)22(15-41)21-7-8-27-42(3)11-10-29(43(4,20-48)26(42)9-12-44(27,5)45(21,6)16-28(46)51)62-39-36(64-38-34(56)32(54)31(53)25(17-47)61-38)35(24(50)19-60-39)63-37-33(55)30(52)23(49)18-59-37/h7,20,22-39,47,49-56H,8-19H2,1-6H3,(H,57,58)/t22?,23-,24-,25?,26-,27?,28+,29+,30+,31+,32+,33?,34?,35+,36?,37+,38+,39+,42?,43-,44+,45-,46?/m1/s1. The maximum atomic E-state index is 13.7. The van der Waals surface area contributed by atoms with Crippen LogP contribution in [0.1, 0.15) is 99.3 Å². The van der Waals surface area contributed by atoms with Gasteiger partial charge in [-0.2, -0.15) is 0 Å². The number of aliphatic hydroxyl groups excluding tert-OH is 9. The van der Waals surface area contributed by atoms with Crippen LogP contribution in [-0.4, -0.2) is 175 Å². The summed E-state index contributed by atoms with van der Waals surface area (Å²) < 4.78 is 36.3. The Morgan fingerprint density at radius 3 is 2.06 bits per heavy atom. The van der Waals surface area contributed by atoms with E-state index >= 15 is 0 Å². The molecule has 3 heterocycles. The number of carbonyl (C=O) groups excluding carboxylic acids is 1. The summed E-state index contributed by atoms with van der Waals surface area (Å²) in [4.78, 5) is 26.9. The first kappa shape index (κ1) is 48.7. The van der Waals surface area contributed by atoms with Crippen LogP contribution in [-0.2, 0) is 38.0 Å². The lowest BCUT2D eigenvalue weighted by molar-refractivity contribution is -0.384. The normalized spacial score (nSPS) is 54.9. The van der Waals surface area contributed by atoms with Gasteiger partial charge in [0.25, 0.3) is 0 Å². The molecule has 0 aromatic heterocycles. The third kappa shape index (κ3) is 7.31. The molecule has 23 atom stereocenters. The molecule has 8 rings (SSSR count). The number of allylic oxidation sites excluding steroid dienone is 2. The number of hydrogen-bond donors (Lipinski definition) is 10. The van der Waals surface area contributed by atoms with Crippen molar-refractivity contribution in [3.05, 3.63) is 11.6 Å². The second-order valence-corrected chi connectivity index (χ2v) is 22.3. The SMILES string of the molecule is CC1(C)CCC2(C(=O)O)C(C1)C1=CCC3C4(C)CC[C@H](O[C@@H]5OC[C@@H](O)[C@H](O[C@@H]6OC[C@@H](O)[C@H](O)C6O)C5O[C@@H]5OC(CO)[C@H](O)[C@H](O)C5O)[C@](C)(C=O)[C@@H]4CC[C@]3(C)[C@]1(C)C[C@@H]2O. The zero-order valence-electron chi connectivity index (χ0n) is 37.8. The molecule has 0 amide bonds. The van der Waals surface area contributed by atoms with Crippen molar-refractivity contribution in [2.75, 3.05) is 19.8 Å². The maximum absolute atomic E-state index is 13.7. The second-order valence-electron chi connectivity index (χ2n) is 22.3. The number of carboxylic acids is 1. The Morgan fingerprint density at radius 2 is 1.39 bits per heavy atom. The highest BCUT2D eigenvalue weighted by Crippen LogP contribution is 2.76. The number of carboxylic acid groups (broad SMARTS) is 1. The average molecular weight is 913 g/mol. The zero-order valence-corrected chi connectivity index (χ0v) is 37.8. The number of hydrogen-bond acceptors (Lipinski definition) is 17. The van der Waals surface area contributed by atoms with Crippen LogP contribution >= 0.6 is 0 Å². The number of carbonyl (C=O) groups is 2. The number of aliphatic hydroxyl groups is 9. The van der Waals surface area contributed by atoms with Gasteiger partial charge in [-0.05, 0) is 97.2 Å². The smallest absolute Gasteiger partial charge is 0.312 e. The van der Waals surface area contributed by atoms with Gasteiger partial charge < -0.3 is 84.3 Å². The molecule has 0 aromatic carbocycles. The molecular weight excluding hydrogens is 840 g/mol. The van der Waals surface area contributed by atoms with Crippen molar-refractivity contribution < 1.29 is 89.1 Å². The van der Waals surface area contributed by atoms with E-state index in [2.05, 4.69) is 40.7 Å². The Labute approximate surface area is 373 Å². The van der Waals surface area contributed by atoms with Gasteiger partial charge in [0, 0.05) is 0 Å². The molecule has 0 spiro atoms. The van der Waals surface area contributed by atoms with Crippen LogP contribution in [0.15, 0.2) is 11.6 Å². The largest absolute Gasteiger partial charge is 0.481 e. The van der Waals surface area contributed by atoms with Crippen LogP contribution in [0, 0.1) is 50.2 Å². The predicted octanol–water partition coefficient (Wildman–Crippen LogP) is 0.134. The Balaban J connectivity index is 1.09. The first-order valence-corrected chi connectivity index (χ1v) is 23.2. The maximum Gasteiger partial charge on any atom is 0.312 e. The molecule has 8 unspecified atom stereocenters. The molecule has 18 heteroatoms. The highest BCUT2D eigenvalue weighted by molar-refractivity contribution is 5.77. The van der Waals surface area contributed by atoms with Crippen molar-refractivity contribution in [3.8, 4) is 0 Å². The summed E-state index contributed by atoms with van der Waals surface area (Å²) in [6.07, 6.45) is -14.4. The summed E-state index contributed by atoms with van der Waals surface area (Å²) in [5.74, 6) is -1.39. The second kappa shape index (κ2) is 17.1. The van der Waals surface area contributed by atoms with Gasteiger partial charge in [0.2, 0.25) is 0 Å². The van der Waals surface area contributed by atoms with Crippen LogP contribution in [0.5, 0.6) is 0 Å². The number of rotatable bonds is 9. The average Bonchev–Trinajstić information content (AvgIpc) is 3.23. The van der Waals surface area contributed by atoms with E-state index in [1.165, 1.54) is 0 Å². The molecule has 364 valence electrons. The van der Waals surface area contributed by atoms with E-state index in [1.807, 2.05) is 6.92 Å². The van der Waals surface area contributed by atoms with Gasteiger partial charge in [-0.3, -0.25) is 4.79 Å². The van der Waals surface area contributed by atoms with Crippen molar-refractivity contribution in [1.29, 1.82) is 0 Å². The predicted molar refractivity (Wildman–Crippen MR) is 220 cm³/mol. The van der Waals surface area contributed by atoms with E-state index in [0.717, 1.165) is 18.3 Å². The van der Waals surface area contributed by atoms with Crippen LogP contribution in [0.4, 0.5) is 0 Å². The first-order chi connectivity index (χ1) is 29.9. The molecule has 7 fully saturated rings. The Bertz CT molecular complexity index is 1780.